The fourth-order valence-corrected chi connectivity index (χ4v) is 6.49. The summed E-state index contributed by atoms with van der Waals surface area (Å²) in [5, 5.41) is 2.60. The van der Waals surface area contributed by atoms with Gasteiger partial charge in [0.2, 0.25) is 5.91 Å². The number of nitrogens with one attached hydrogen (secondary N) is 1. The van der Waals surface area contributed by atoms with E-state index in [4.69, 9.17) is 4.74 Å². The number of anilines is 1. The van der Waals surface area contributed by atoms with E-state index in [1.54, 1.807) is 17.2 Å². The van der Waals surface area contributed by atoms with E-state index in [9.17, 15) is 31.5 Å². The molecule has 2 atom stereocenters. The lowest BCUT2D eigenvalue weighted by Crippen LogP contribution is -2.50. The monoisotopic (exact) mass is 589 g/mol. The maximum atomic E-state index is 14.7. The number of benzene rings is 1. The summed E-state index contributed by atoms with van der Waals surface area (Å²) in [6, 6.07) is 7.41. The van der Waals surface area contributed by atoms with Crippen molar-refractivity contribution < 1.29 is 36.3 Å². The van der Waals surface area contributed by atoms with Gasteiger partial charge in [-0.25, -0.2) is 23.5 Å². The number of likely N-dealkylation sites (tertiary alicyclic amines) is 1. The van der Waals surface area contributed by atoms with E-state index in [0.29, 0.717) is 50.4 Å². The van der Waals surface area contributed by atoms with Gasteiger partial charge in [-0.05, 0) is 36.6 Å². The molecule has 1 saturated heterocycles. The van der Waals surface area contributed by atoms with Crippen LogP contribution < -0.4 is 5.32 Å². The smallest absolute Gasteiger partial charge is 0.413 e. The Balaban J connectivity index is 1.22. The van der Waals surface area contributed by atoms with Crippen LogP contribution in [-0.4, -0.2) is 50.7 Å². The summed E-state index contributed by atoms with van der Waals surface area (Å²) in [6.45, 7) is 0.598. The van der Waals surface area contributed by atoms with Crippen LogP contribution >= 0.6 is 0 Å². The molecule has 1 spiro atoms. The fraction of sp³-hybridized carbons (Fsp3) is 0.448. The van der Waals surface area contributed by atoms with Crippen molar-refractivity contribution in [2.75, 3.05) is 18.4 Å². The molecule has 6 rings (SSSR count). The molecular weight excluding hydrogens is 561 g/mol. The molecule has 2 amide bonds. The second kappa shape index (κ2) is 10.7. The maximum absolute atomic E-state index is 14.7. The van der Waals surface area contributed by atoms with Gasteiger partial charge in [-0.1, -0.05) is 12.1 Å². The number of imidazole rings is 1. The predicted octanol–water partition coefficient (Wildman–Crippen LogP) is 5.79. The third kappa shape index (κ3) is 5.32. The third-order valence-electron chi connectivity index (χ3n) is 8.56. The normalized spacial score (nSPS) is 21.6. The first-order chi connectivity index (χ1) is 20.0. The molecule has 222 valence electrons. The lowest BCUT2D eigenvalue weighted by molar-refractivity contribution is -0.136. The van der Waals surface area contributed by atoms with Gasteiger partial charge in [0.1, 0.15) is 17.2 Å². The second-order valence-electron chi connectivity index (χ2n) is 11.1. The van der Waals surface area contributed by atoms with Gasteiger partial charge in [0.15, 0.2) is 11.6 Å². The van der Waals surface area contributed by atoms with Crippen molar-refractivity contribution in [3.05, 3.63) is 77.0 Å². The van der Waals surface area contributed by atoms with Crippen LogP contribution in [0.5, 0.6) is 0 Å². The molecule has 1 fully saturated rings. The lowest BCUT2D eigenvalue weighted by atomic mass is 9.83. The average molecular weight is 590 g/mol. The Bertz CT molecular complexity index is 1520. The number of alkyl halides is 3. The zero-order valence-corrected chi connectivity index (χ0v) is 22.5. The topological polar surface area (TPSA) is 89.4 Å². The summed E-state index contributed by atoms with van der Waals surface area (Å²) in [5.74, 6) is -2.60. The Kier molecular flexibility index (Phi) is 7.14. The van der Waals surface area contributed by atoms with Crippen LogP contribution in [0, 0.1) is 11.6 Å². The molecule has 0 radical (unpaired) electrons. The van der Waals surface area contributed by atoms with Crippen molar-refractivity contribution in [3.63, 3.8) is 0 Å². The van der Waals surface area contributed by atoms with Crippen molar-refractivity contribution in [1.29, 1.82) is 0 Å². The Morgan fingerprint density at radius 1 is 1.10 bits per heavy atom. The molecule has 0 aliphatic carbocycles. The van der Waals surface area contributed by atoms with Crippen molar-refractivity contribution in [2.45, 2.75) is 68.7 Å². The number of nitrogens with zero attached hydrogens (tertiary/aromatic N) is 4. The van der Waals surface area contributed by atoms with Gasteiger partial charge in [0.25, 0.3) is 0 Å². The summed E-state index contributed by atoms with van der Waals surface area (Å²) >= 11 is 0. The van der Waals surface area contributed by atoms with Gasteiger partial charge in [-0.3, -0.25) is 10.1 Å². The zero-order chi connectivity index (χ0) is 29.6. The van der Waals surface area contributed by atoms with Crippen molar-refractivity contribution in [3.8, 4) is 0 Å². The molecule has 13 heteroatoms. The predicted molar refractivity (Wildman–Crippen MR) is 140 cm³/mol. The van der Waals surface area contributed by atoms with Crippen LogP contribution in [0.1, 0.15) is 66.6 Å². The number of amides is 2. The first-order valence-electron chi connectivity index (χ1n) is 13.8. The van der Waals surface area contributed by atoms with E-state index in [1.165, 1.54) is 16.7 Å². The summed E-state index contributed by atoms with van der Waals surface area (Å²) in [5.41, 5.74) is -0.156. The molecule has 1 N–H and O–H groups in total. The van der Waals surface area contributed by atoms with Gasteiger partial charge in [-0.2, -0.15) is 13.2 Å². The molecule has 2 aromatic heterocycles. The molecule has 1 aromatic carbocycles. The highest BCUT2D eigenvalue weighted by Gasteiger charge is 2.46. The Morgan fingerprint density at radius 3 is 2.64 bits per heavy atom. The fourth-order valence-electron chi connectivity index (χ4n) is 6.49. The van der Waals surface area contributed by atoms with Gasteiger partial charge in [0, 0.05) is 74.4 Å². The van der Waals surface area contributed by atoms with E-state index in [2.05, 4.69) is 15.3 Å². The maximum Gasteiger partial charge on any atom is 0.413 e. The number of fused-ring (bicyclic) bond motifs is 3. The van der Waals surface area contributed by atoms with E-state index < -0.39 is 47.8 Å². The van der Waals surface area contributed by atoms with E-state index >= 15 is 0 Å². The van der Waals surface area contributed by atoms with Crippen molar-refractivity contribution >= 4 is 17.8 Å². The molecule has 5 heterocycles. The minimum Gasteiger partial charge on any atom is -0.437 e. The number of hydrogen-bond donors (Lipinski definition) is 1. The van der Waals surface area contributed by atoms with Gasteiger partial charge in [-0.15, -0.1) is 0 Å². The highest BCUT2D eigenvalue weighted by molar-refractivity contribution is 5.87. The molecular formula is C29H28F5N5O3. The molecule has 3 aromatic rings. The number of aromatic nitrogens is 3. The van der Waals surface area contributed by atoms with Crippen LogP contribution in [0.2, 0.25) is 0 Å². The molecule has 0 saturated carbocycles. The first-order valence-corrected chi connectivity index (χ1v) is 13.8. The van der Waals surface area contributed by atoms with E-state index in [-0.39, 0.29) is 30.1 Å². The number of pyridine rings is 1. The Morgan fingerprint density at radius 2 is 1.88 bits per heavy atom. The molecule has 0 unspecified atom stereocenters. The highest BCUT2D eigenvalue weighted by atomic mass is 19.4. The van der Waals surface area contributed by atoms with Gasteiger partial charge in [0.05, 0.1) is 6.42 Å². The number of carbonyl (C=O) groups excluding carboxylic acids is 2. The SMILES string of the molecule is O=C1Nc2ncccc2C2(CCN(C(=O)C[C@@H]3CC[C@@H](c4cccc(F)c4F)Cn4c(CC(F)(F)F)cnc43)CC2)O1. The number of carbonyl (C=O) groups is 2. The lowest BCUT2D eigenvalue weighted by Gasteiger charge is -2.43. The Hall–Kier alpha value is -4.03. The van der Waals surface area contributed by atoms with Crippen LogP contribution in [0.15, 0.2) is 42.7 Å². The average Bonchev–Trinajstić information content (AvgIpc) is 3.22. The quantitative estimate of drug-likeness (QED) is 0.389. The van der Waals surface area contributed by atoms with Gasteiger partial charge >= 0.3 is 12.3 Å². The van der Waals surface area contributed by atoms with Gasteiger partial charge < -0.3 is 14.2 Å². The first kappa shape index (κ1) is 28.1. The summed E-state index contributed by atoms with van der Waals surface area (Å²) < 4.78 is 76.1. The van der Waals surface area contributed by atoms with Crippen LogP contribution in [0.4, 0.5) is 32.6 Å². The van der Waals surface area contributed by atoms with Crippen LogP contribution in [0.3, 0.4) is 0 Å². The number of halogens is 5. The Labute approximate surface area is 237 Å². The molecule has 8 nitrogen and oxygen atoms in total. The summed E-state index contributed by atoms with van der Waals surface area (Å²) in [7, 11) is 0. The molecule has 3 aliphatic rings. The minimum absolute atomic E-state index is 0.00664. The number of ether oxygens (including phenoxy) is 1. The summed E-state index contributed by atoms with van der Waals surface area (Å²) in [4.78, 5) is 35.9. The van der Waals surface area contributed by atoms with Crippen LogP contribution in [-0.2, 0) is 28.1 Å². The highest BCUT2D eigenvalue weighted by Crippen LogP contribution is 2.43. The number of piperidine rings is 1. The standard InChI is InChI=1S/C29H28F5N5O3/c30-22-5-1-3-20(24(22)31)18-7-6-17(26-36-15-19(39(26)16-18)14-29(32,33)34)13-23(40)38-11-8-28(9-12-38)21-4-2-10-35-25(21)37-27(41)42-28/h1-5,10,15,17-18H,6-9,11-14,16H2,(H,35,37,41)/t17-,18+/m0/s1. The van der Waals surface area contributed by atoms with E-state index in [0.717, 1.165) is 17.8 Å². The molecule has 0 bridgehead atoms. The van der Waals surface area contributed by atoms with Crippen LogP contribution in [0.25, 0.3) is 0 Å². The van der Waals surface area contributed by atoms with Crippen molar-refractivity contribution in [2.24, 2.45) is 0 Å². The zero-order valence-electron chi connectivity index (χ0n) is 22.5. The molecule has 3 aliphatic heterocycles. The number of hydrogen-bond acceptors (Lipinski definition) is 5. The third-order valence-corrected chi connectivity index (χ3v) is 8.56. The number of rotatable bonds is 4. The largest absolute Gasteiger partial charge is 0.437 e. The summed E-state index contributed by atoms with van der Waals surface area (Å²) in [6.07, 6.45) is -2.19. The van der Waals surface area contributed by atoms with Crippen molar-refractivity contribution in [1.82, 2.24) is 19.4 Å². The second-order valence-corrected chi connectivity index (χ2v) is 11.1. The molecule has 42 heavy (non-hydrogen) atoms. The van der Waals surface area contributed by atoms with E-state index in [1.807, 2.05) is 6.07 Å². The minimum atomic E-state index is -4.50.